The lowest BCUT2D eigenvalue weighted by atomic mass is 9.77. The van der Waals surface area contributed by atoms with Crippen molar-refractivity contribution in [3.05, 3.63) is 69.2 Å². The molecule has 0 unspecified atom stereocenters. The minimum atomic E-state index is 0. The first-order valence-corrected chi connectivity index (χ1v) is 7.67. The Morgan fingerprint density at radius 3 is 2.33 bits per heavy atom. The molecular weight excluding hydrogens is 325 g/mol. The van der Waals surface area contributed by atoms with Crippen LogP contribution in [-0.4, -0.2) is 7.05 Å². The van der Waals surface area contributed by atoms with Crippen molar-refractivity contribution in [2.24, 2.45) is 0 Å². The minimum absolute atomic E-state index is 0. The minimum Gasteiger partial charge on any atom is -0.313 e. The normalized spacial score (nSPS) is 20.5. The molecule has 0 spiro atoms. The zero-order valence-electron chi connectivity index (χ0n) is 11.8. The van der Waals surface area contributed by atoms with Crippen molar-refractivity contribution >= 4 is 35.6 Å². The molecule has 0 bridgehead atoms. The molecule has 1 aliphatic carbocycles. The summed E-state index contributed by atoms with van der Waals surface area (Å²) in [4.78, 5) is 0. The van der Waals surface area contributed by atoms with Crippen LogP contribution in [0.4, 0.5) is 0 Å². The molecule has 2 atom stereocenters. The fourth-order valence-corrected chi connectivity index (χ4v) is 3.47. The highest BCUT2D eigenvalue weighted by Gasteiger charge is 2.27. The zero-order valence-corrected chi connectivity index (χ0v) is 14.1. The van der Waals surface area contributed by atoms with Gasteiger partial charge in [-0.15, -0.1) is 12.4 Å². The van der Waals surface area contributed by atoms with Gasteiger partial charge in [0.15, 0.2) is 0 Å². The summed E-state index contributed by atoms with van der Waals surface area (Å²) in [5.74, 6) is 0.408. The molecule has 2 aromatic rings. The third-order valence-corrected chi connectivity index (χ3v) is 4.92. The van der Waals surface area contributed by atoms with Crippen molar-refractivity contribution in [1.82, 2.24) is 5.32 Å². The maximum atomic E-state index is 6.17. The Bertz CT molecular complexity index is 627. The van der Waals surface area contributed by atoms with Crippen molar-refractivity contribution in [3.8, 4) is 0 Å². The Labute approximate surface area is 142 Å². The summed E-state index contributed by atoms with van der Waals surface area (Å²) in [7, 11) is 2.03. The average molecular weight is 343 g/mol. The van der Waals surface area contributed by atoms with Gasteiger partial charge in [-0.05, 0) is 48.7 Å². The molecule has 0 aliphatic heterocycles. The zero-order chi connectivity index (χ0) is 14.1. The van der Waals surface area contributed by atoms with Crippen LogP contribution in [-0.2, 0) is 0 Å². The van der Waals surface area contributed by atoms with E-state index in [-0.39, 0.29) is 12.4 Å². The molecule has 3 rings (SSSR count). The molecule has 0 saturated heterocycles. The summed E-state index contributed by atoms with van der Waals surface area (Å²) in [5.41, 5.74) is 4.05. The second-order valence-electron chi connectivity index (χ2n) is 5.27. The molecule has 1 aliphatic rings. The van der Waals surface area contributed by atoms with E-state index in [1.165, 1.54) is 16.7 Å². The van der Waals surface area contributed by atoms with Gasteiger partial charge in [0, 0.05) is 12.0 Å². The Kier molecular flexibility index (Phi) is 5.56. The number of hydrogen-bond donors (Lipinski definition) is 1. The van der Waals surface area contributed by atoms with E-state index in [9.17, 15) is 0 Å². The predicted octanol–water partition coefficient (Wildman–Crippen LogP) is 5.60. The van der Waals surface area contributed by atoms with Crippen LogP contribution in [0.25, 0.3) is 0 Å². The number of benzene rings is 2. The quantitative estimate of drug-likeness (QED) is 0.749. The Morgan fingerprint density at radius 1 is 0.952 bits per heavy atom. The molecule has 112 valence electrons. The number of hydrogen-bond acceptors (Lipinski definition) is 1. The van der Waals surface area contributed by atoms with Crippen LogP contribution in [0.2, 0.25) is 10.0 Å². The van der Waals surface area contributed by atoms with Crippen LogP contribution in [0, 0.1) is 0 Å². The first kappa shape index (κ1) is 16.6. The molecule has 0 fully saturated rings. The van der Waals surface area contributed by atoms with Gasteiger partial charge in [0.05, 0.1) is 10.0 Å². The molecule has 1 nitrogen and oxygen atoms in total. The molecule has 4 heteroatoms. The molecular formula is C17H18Cl3N. The van der Waals surface area contributed by atoms with E-state index in [1.807, 2.05) is 19.2 Å². The van der Waals surface area contributed by atoms with Gasteiger partial charge in [-0.3, -0.25) is 0 Å². The van der Waals surface area contributed by atoms with Gasteiger partial charge in [-0.2, -0.15) is 0 Å². The van der Waals surface area contributed by atoms with E-state index >= 15 is 0 Å². The third-order valence-electron chi connectivity index (χ3n) is 4.19. The topological polar surface area (TPSA) is 12.0 Å². The molecule has 1 N–H and O–H groups in total. The monoisotopic (exact) mass is 341 g/mol. The maximum Gasteiger partial charge on any atom is 0.0595 e. The molecule has 2 aromatic carbocycles. The molecule has 0 heterocycles. The molecule has 0 aromatic heterocycles. The van der Waals surface area contributed by atoms with E-state index in [0.29, 0.717) is 22.0 Å². The SMILES string of the molecule is CN[C@@H]1CC[C@H](c2ccc(Cl)c(Cl)c2)c2ccccc21.Cl. The van der Waals surface area contributed by atoms with Gasteiger partial charge in [-0.1, -0.05) is 53.5 Å². The maximum absolute atomic E-state index is 6.17. The van der Waals surface area contributed by atoms with Crippen LogP contribution < -0.4 is 5.32 Å². The molecule has 0 radical (unpaired) electrons. The van der Waals surface area contributed by atoms with Crippen molar-refractivity contribution < 1.29 is 0 Å². The summed E-state index contributed by atoms with van der Waals surface area (Å²) < 4.78 is 0. The standard InChI is InChI=1S/C17H17Cl2N.ClH/c1-20-17-9-7-12(13-4-2-3-5-14(13)17)11-6-8-15(18)16(19)10-11;/h2-6,8,10,12,17,20H,7,9H2,1H3;1H/t12-,17-;/m1./s1. The summed E-state index contributed by atoms with van der Waals surface area (Å²) in [6.07, 6.45) is 2.26. The van der Waals surface area contributed by atoms with Crippen molar-refractivity contribution in [2.75, 3.05) is 7.05 Å². The fourth-order valence-electron chi connectivity index (χ4n) is 3.17. The predicted molar refractivity (Wildman–Crippen MR) is 93.0 cm³/mol. The van der Waals surface area contributed by atoms with Crippen LogP contribution in [0.15, 0.2) is 42.5 Å². The molecule has 0 saturated carbocycles. The number of nitrogens with one attached hydrogen (secondary N) is 1. The lowest BCUT2D eigenvalue weighted by Gasteiger charge is -2.32. The highest BCUT2D eigenvalue weighted by molar-refractivity contribution is 6.42. The van der Waals surface area contributed by atoms with Gasteiger partial charge in [0.2, 0.25) is 0 Å². The first-order valence-electron chi connectivity index (χ1n) is 6.91. The van der Waals surface area contributed by atoms with Crippen molar-refractivity contribution in [2.45, 2.75) is 24.8 Å². The van der Waals surface area contributed by atoms with E-state index in [2.05, 4.69) is 35.6 Å². The van der Waals surface area contributed by atoms with Crippen LogP contribution in [0.3, 0.4) is 0 Å². The van der Waals surface area contributed by atoms with Gasteiger partial charge >= 0.3 is 0 Å². The summed E-state index contributed by atoms with van der Waals surface area (Å²) in [6.45, 7) is 0. The highest BCUT2D eigenvalue weighted by atomic mass is 35.5. The van der Waals surface area contributed by atoms with Crippen LogP contribution >= 0.6 is 35.6 Å². The lowest BCUT2D eigenvalue weighted by molar-refractivity contribution is 0.471. The summed E-state index contributed by atoms with van der Waals surface area (Å²) in [6, 6.07) is 15.1. The second kappa shape index (κ2) is 7.02. The van der Waals surface area contributed by atoms with Gasteiger partial charge in [0.25, 0.3) is 0 Å². The van der Waals surface area contributed by atoms with E-state index in [1.54, 1.807) is 0 Å². The van der Waals surface area contributed by atoms with E-state index in [4.69, 9.17) is 23.2 Å². The van der Waals surface area contributed by atoms with Crippen molar-refractivity contribution in [3.63, 3.8) is 0 Å². The van der Waals surface area contributed by atoms with Gasteiger partial charge in [0.1, 0.15) is 0 Å². The second-order valence-corrected chi connectivity index (χ2v) is 6.09. The van der Waals surface area contributed by atoms with E-state index < -0.39 is 0 Å². The van der Waals surface area contributed by atoms with Crippen LogP contribution in [0.1, 0.15) is 41.5 Å². The third kappa shape index (κ3) is 3.22. The molecule has 21 heavy (non-hydrogen) atoms. The smallest absolute Gasteiger partial charge is 0.0595 e. The highest BCUT2D eigenvalue weighted by Crippen LogP contribution is 2.42. The Balaban J connectivity index is 0.00000161. The lowest BCUT2D eigenvalue weighted by Crippen LogP contribution is -2.24. The van der Waals surface area contributed by atoms with Gasteiger partial charge in [-0.25, -0.2) is 0 Å². The Hall–Kier alpha value is -0.730. The number of fused-ring (bicyclic) bond motifs is 1. The van der Waals surface area contributed by atoms with Gasteiger partial charge < -0.3 is 5.32 Å². The fraction of sp³-hybridized carbons (Fsp3) is 0.294. The summed E-state index contributed by atoms with van der Waals surface area (Å²) in [5, 5.41) is 4.66. The van der Waals surface area contributed by atoms with E-state index in [0.717, 1.165) is 12.8 Å². The van der Waals surface area contributed by atoms with Crippen molar-refractivity contribution in [1.29, 1.82) is 0 Å². The molecule has 0 amide bonds. The van der Waals surface area contributed by atoms with Crippen LogP contribution in [0.5, 0.6) is 0 Å². The summed E-state index contributed by atoms with van der Waals surface area (Å²) >= 11 is 12.2. The largest absolute Gasteiger partial charge is 0.313 e. The number of rotatable bonds is 2. The Morgan fingerprint density at radius 2 is 1.67 bits per heavy atom. The first-order chi connectivity index (χ1) is 9.70. The number of halogens is 3. The average Bonchev–Trinajstić information content (AvgIpc) is 2.49.